The third-order valence-corrected chi connectivity index (χ3v) is 3.35. The molecule has 0 aliphatic carbocycles. The van der Waals surface area contributed by atoms with Crippen molar-refractivity contribution in [3.8, 4) is 5.75 Å². The molecule has 0 saturated carbocycles. The van der Waals surface area contributed by atoms with E-state index in [1.807, 2.05) is 30.3 Å². The summed E-state index contributed by atoms with van der Waals surface area (Å²) in [6.45, 7) is 1.63. The molecule has 21 heavy (non-hydrogen) atoms. The summed E-state index contributed by atoms with van der Waals surface area (Å²) in [6.07, 6.45) is 0.556. The molecule has 0 saturated heterocycles. The van der Waals surface area contributed by atoms with Crippen LogP contribution in [0.15, 0.2) is 48.5 Å². The molecular weight excluding hydrogens is 266 g/mol. The molecule has 2 rings (SSSR count). The molecule has 0 heterocycles. The Morgan fingerprint density at radius 2 is 1.90 bits per heavy atom. The first-order chi connectivity index (χ1) is 10.1. The Kier molecular flexibility index (Phi) is 4.95. The number of carbonyl (C=O) groups is 1. The topological polar surface area (TPSA) is 69.6 Å². The lowest BCUT2D eigenvalue weighted by atomic mass is 10.1. The van der Waals surface area contributed by atoms with Crippen molar-refractivity contribution in [1.82, 2.24) is 5.32 Å². The molecule has 4 nitrogen and oxygen atoms in total. The van der Waals surface area contributed by atoms with Gasteiger partial charge in [0.15, 0.2) is 0 Å². The summed E-state index contributed by atoms with van der Waals surface area (Å²) in [5.41, 5.74) is 2.14. The van der Waals surface area contributed by atoms with E-state index in [1.165, 1.54) is 6.07 Å². The van der Waals surface area contributed by atoms with Crippen LogP contribution in [0, 0.1) is 6.92 Å². The van der Waals surface area contributed by atoms with Gasteiger partial charge in [-0.3, -0.25) is 4.79 Å². The second-order valence-electron chi connectivity index (χ2n) is 5.04. The summed E-state index contributed by atoms with van der Waals surface area (Å²) >= 11 is 0. The van der Waals surface area contributed by atoms with Crippen LogP contribution in [-0.4, -0.2) is 28.8 Å². The van der Waals surface area contributed by atoms with Gasteiger partial charge in [-0.25, -0.2) is 0 Å². The lowest BCUT2D eigenvalue weighted by Crippen LogP contribution is -2.39. The average Bonchev–Trinajstić information content (AvgIpc) is 2.50. The van der Waals surface area contributed by atoms with Crippen LogP contribution in [0.4, 0.5) is 0 Å². The number of phenolic OH excluding ortho intramolecular Hbond substituents is 1. The van der Waals surface area contributed by atoms with Gasteiger partial charge in [-0.05, 0) is 36.6 Å². The second-order valence-corrected chi connectivity index (χ2v) is 5.04. The molecule has 0 bridgehead atoms. The fourth-order valence-electron chi connectivity index (χ4n) is 2.08. The van der Waals surface area contributed by atoms with Crippen LogP contribution >= 0.6 is 0 Å². The molecule has 1 amide bonds. The Hall–Kier alpha value is -2.33. The summed E-state index contributed by atoms with van der Waals surface area (Å²) in [5.74, 6) is -0.216. The first-order valence-corrected chi connectivity index (χ1v) is 6.85. The molecule has 0 aliphatic heterocycles. The highest BCUT2D eigenvalue weighted by Crippen LogP contribution is 2.17. The van der Waals surface area contributed by atoms with E-state index in [0.29, 0.717) is 12.0 Å². The number of benzene rings is 2. The van der Waals surface area contributed by atoms with E-state index in [1.54, 1.807) is 19.1 Å². The summed E-state index contributed by atoms with van der Waals surface area (Å²) in [6, 6.07) is 14.1. The Balaban J connectivity index is 2.04. The van der Waals surface area contributed by atoms with Crippen molar-refractivity contribution >= 4 is 5.91 Å². The first kappa shape index (κ1) is 15.1. The molecule has 4 heteroatoms. The molecule has 0 fully saturated rings. The van der Waals surface area contributed by atoms with E-state index in [9.17, 15) is 15.0 Å². The number of aliphatic hydroxyl groups is 1. The highest BCUT2D eigenvalue weighted by molar-refractivity contribution is 5.94. The monoisotopic (exact) mass is 285 g/mol. The Labute approximate surface area is 124 Å². The van der Waals surface area contributed by atoms with Crippen molar-refractivity contribution in [2.75, 3.05) is 6.61 Å². The van der Waals surface area contributed by atoms with Gasteiger partial charge in [0.05, 0.1) is 12.6 Å². The number of nitrogens with one attached hydrogen (secondary N) is 1. The van der Waals surface area contributed by atoms with Crippen LogP contribution in [0.1, 0.15) is 21.5 Å². The minimum atomic E-state index is -0.358. The van der Waals surface area contributed by atoms with Crippen LogP contribution in [0.5, 0.6) is 5.75 Å². The Bertz CT molecular complexity index is 611. The number of hydrogen-bond acceptors (Lipinski definition) is 3. The lowest BCUT2D eigenvalue weighted by molar-refractivity contribution is 0.0916. The van der Waals surface area contributed by atoms with Gasteiger partial charge in [-0.2, -0.15) is 0 Å². The van der Waals surface area contributed by atoms with Crippen LogP contribution in [0.3, 0.4) is 0 Å². The number of aliphatic hydroxyl groups excluding tert-OH is 1. The zero-order valence-corrected chi connectivity index (χ0v) is 11.9. The Morgan fingerprint density at radius 1 is 1.19 bits per heavy atom. The minimum absolute atomic E-state index is 0.0891. The van der Waals surface area contributed by atoms with Crippen molar-refractivity contribution in [3.63, 3.8) is 0 Å². The molecule has 2 aromatic carbocycles. The lowest BCUT2D eigenvalue weighted by Gasteiger charge is -2.16. The highest BCUT2D eigenvalue weighted by Gasteiger charge is 2.14. The predicted molar refractivity (Wildman–Crippen MR) is 81.3 cm³/mol. The molecule has 1 atom stereocenters. The number of amides is 1. The molecule has 0 aliphatic rings. The van der Waals surface area contributed by atoms with E-state index >= 15 is 0 Å². The van der Waals surface area contributed by atoms with Crippen LogP contribution in [-0.2, 0) is 6.42 Å². The number of phenols is 1. The maximum atomic E-state index is 12.1. The fourth-order valence-corrected chi connectivity index (χ4v) is 2.08. The second kappa shape index (κ2) is 6.90. The summed E-state index contributed by atoms with van der Waals surface area (Å²) in [4.78, 5) is 12.1. The Morgan fingerprint density at radius 3 is 2.52 bits per heavy atom. The van der Waals surface area contributed by atoms with Gasteiger partial charge in [-0.1, -0.05) is 36.4 Å². The quantitative estimate of drug-likeness (QED) is 0.787. The zero-order valence-electron chi connectivity index (χ0n) is 11.9. The molecule has 0 unspecified atom stereocenters. The van der Waals surface area contributed by atoms with Crippen LogP contribution < -0.4 is 5.32 Å². The average molecular weight is 285 g/mol. The summed E-state index contributed by atoms with van der Waals surface area (Å²) in [5, 5.41) is 21.8. The molecule has 0 spiro atoms. The van der Waals surface area contributed by atoms with Crippen molar-refractivity contribution in [2.24, 2.45) is 0 Å². The van der Waals surface area contributed by atoms with Crippen molar-refractivity contribution in [2.45, 2.75) is 19.4 Å². The van der Waals surface area contributed by atoms with Crippen molar-refractivity contribution in [1.29, 1.82) is 0 Å². The predicted octanol–water partition coefficient (Wildman–Crippen LogP) is 2.03. The molecular formula is C17H19NO3. The van der Waals surface area contributed by atoms with Crippen molar-refractivity contribution < 1.29 is 15.0 Å². The zero-order chi connectivity index (χ0) is 15.2. The molecule has 0 aromatic heterocycles. The number of rotatable bonds is 5. The minimum Gasteiger partial charge on any atom is -0.508 e. The van der Waals surface area contributed by atoms with E-state index in [-0.39, 0.29) is 24.3 Å². The van der Waals surface area contributed by atoms with E-state index in [4.69, 9.17) is 0 Å². The summed E-state index contributed by atoms with van der Waals surface area (Å²) < 4.78 is 0. The molecule has 3 N–H and O–H groups in total. The fraction of sp³-hybridized carbons (Fsp3) is 0.235. The smallest absolute Gasteiger partial charge is 0.251 e. The number of aromatic hydroxyl groups is 1. The van der Waals surface area contributed by atoms with Gasteiger partial charge in [0, 0.05) is 5.56 Å². The van der Waals surface area contributed by atoms with E-state index < -0.39 is 0 Å². The SMILES string of the molecule is Cc1ccc(C(=O)N[C@H](CO)Cc2ccccc2)cc1O. The molecule has 2 aromatic rings. The third kappa shape index (κ3) is 4.07. The van der Waals surface area contributed by atoms with Gasteiger partial charge < -0.3 is 15.5 Å². The van der Waals surface area contributed by atoms with Crippen molar-refractivity contribution in [3.05, 3.63) is 65.2 Å². The van der Waals surface area contributed by atoms with E-state index in [0.717, 1.165) is 11.1 Å². The number of aryl methyl sites for hydroxylation is 1. The van der Waals surface area contributed by atoms with Gasteiger partial charge >= 0.3 is 0 Å². The number of hydrogen-bond donors (Lipinski definition) is 3. The highest BCUT2D eigenvalue weighted by atomic mass is 16.3. The third-order valence-electron chi connectivity index (χ3n) is 3.35. The van der Waals surface area contributed by atoms with E-state index in [2.05, 4.69) is 5.32 Å². The molecule has 110 valence electrons. The van der Waals surface area contributed by atoms with Gasteiger partial charge in [0.25, 0.3) is 5.91 Å². The van der Waals surface area contributed by atoms with Crippen LogP contribution in [0.25, 0.3) is 0 Å². The van der Waals surface area contributed by atoms with Gasteiger partial charge in [-0.15, -0.1) is 0 Å². The maximum absolute atomic E-state index is 12.1. The normalized spacial score (nSPS) is 11.9. The maximum Gasteiger partial charge on any atom is 0.251 e. The first-order valence-electron chi connectivity index (χ1n) is 6.85. The standard InChI is InChI=1S/C17H19NO3/c1-12-7-8-14(10-16(12)20)17(21)18-15(11-19)9-13-5-3-2-4-6-13/h2-8,10,15,19-20H,9,11H2,1H3,(H,18,21)/t15-/m0/s1. The van der Waals surface area contributed by atoms with Gasteiger partial charge in [0.1, 0.15) is 5.75 Å². The largest absolute Gasteiger partial charge is 0.508 e. The van der Waals surface area contributed by atoms with Gasteiger partial charge in [0.2, 0.25) is 0 Å². The number of carbonyl (C=O) groups excluding carboxylic acids is 1. The summed E-state index contributed by atoms with van der Waals surface area (Å²) in [7, 11) is 0. The van der Waals surface area contributed by atoms with Crippen LogP contribution in [0.2, 0.25) is 0 Å². The molecule has 0 radical (unpaired) electrons.